The number of amides is 1. The zero-order valence-electron chi connectivity index (χ0n) is 16.3. The Balaban J connectivity index is 1.29. The van der Waals surface area contributed by atoms with Crippen molar-refractivity contribution in [2.75, 3.05) is 38.2 Å². The summed E-state index contributed by atoms with van der Waals surface area (Å²) in [7, 11) is 1.68. The first-order valence-corrected chi connectivity index (χ1v) is 9.63. The van der Waals surface area contributed by atoms with Gasteiger partial charge in [0.1, 0.15) is 5.75 Å². The van der Waals surface area contributed by atoms with E-state index in [1.165, 1.54) is 0 Å². The predicted molar refractivity (Wildman–Crippen MR) is 108 cm³/mol. The van der Waals surface area contributed by atoms with Gasteiger partial charge in [-0.1, -0.05) is 17.3 Å². The molecular weight excluding hydrogens is 370 g/mol. The van der Waals surface area contributed by atoms with Crippen molar-refractivity contribution in [1.82, 2.24) is 20.0 Å². The van der Waals surface area contributed by atoms with E-state index >= 15 is 0 Å². The van der Waals surface area contributed by atoms with Gasteiger partial charge in [-0.3, -0.25) is 9.78 Å². The van der Waals surface area contributed by atoms with Crippen molar-refractivity contribution in [2.45, 2.75) is 12.8 Å². The molecule has 1 amide bonds. The quantitative estimate of drug-likeness (QED) is 0.636. The Morgan fingerprint density at radius 3 is 2.72 bits per heavy atom. The van der Waals surface area contributed by atoms with Crippen LogP contribution in [0.5, 0.6) is 5.75 Å². The number of aromatic nitrogens is 3. The van der Waals surface area contributed by atoms with Gasteiger partial charge in [0.05, 0.1) is 12.8 Å². The number of methoxy groups -OCH3 is 1. The summed E-state index contributed by atoms with van der Waals surface area (Å²) in [5.41, 5.74) is 1.86. The lowest BCUT2D eigenvalue weighted by Crippen LogP contribution is -2.48. The van der Waals surface area contributed by atoms with Gasteiger partial charge >= 0.3 is 0 Å². The summed E-state index contributed by atoms with van der Waals surface area (Å²) in [6.45, 7) is 2.92. The number of nitrogens with zero attached hydrogens (tertiary/aromatic N) is 5. The lowest BCUT2D eigenvalue weighted by Gasteiger charge is -2.36. The Kier molecular flexibility index (Phi) is 5.69. The Labute approximate surface area is 169 Å². The lowest BCUT2D eigenvalue weighted by molar-refractivity contribution is -0.131. The van der Waals surface area contributed by atoms with E-state index in [-0.39, 0.29) is 5.91 Å². The second-order valence-corrected chi connectivity index (χ2v) is 6.79. The van der Waals surface area contributed by atoms with Gasteiger partial charge in [-0.25, -0.2) is 0 Å². The summed E-state index contributed by atoms with van der Waals surface area (Å²) >= 11 is 0. The smallest absolute Gasteiger partial charge is 0.227 e. The molecule has 0 aliphatic carbocycles. The van der Waals surface area contributed by atoms with Crippen molar-refractivity contribution in [3.05, 3.63) is 54.7 Å². The van der Waals surface area contributed by atoms with Crippen molar-refractivity contribution < 1.29 is 14.1 Å². The molecule has 1 fully saturated rings. The van der Waals surface area contributed by atoms with Crippen LogP contribution in [0.4, 0.5) is 5.69 Å². The Bertz CT molecular complexity index is 952. The van der Waals surface area contributed by atoms with Gasteiger partial charge in [0.25, 0.3) is 0 Å². The minimum Gasteiger partial charge on any atom is -0.495 e. The van der Waals surface area contributed by atoms with Gasteiger partial charge in [-0.05, 0) is 24.3 Å². The molecule has 8 heteroatoms. The van der Waals surface area contributed by atoms with Crippen LogP contribution in [0.1, 0.15) is 12.3 Å². The highest BCUT2D eigenvalue weighted by Crippen LogP contribution is 2.28. The van der Waals surface area contributed by atoms with Crippen LogP contribution in [0.25, 0.3) is 11.4 Å². The monoisotopic (exact) mass is 393 g/mol. The summed E-state index contributed by atoms with van der Waals surface area (Å²) in [4.78, 5) is 25.1. The maximum atomic E-state index is 12.6. The average Bonchev–Trinajstić information content (AvgIpc) is 3.27. The number of ether oxygens (including phenoxy) is 1. The number of carbonyl (C=O) groups is 1. The van der Waals surface area contributed by atoms with E-state index in [9.17, 15) is 4.79 Å². The summed E-state index contributed by atoms with van der Waals surface area (Å²) in [5.74, 6) is 1.91. The lowest BCUT2D eigenvalue weighted by atomic mass is 10.2. The number of anilines is 1. The van der Waals surface area contributed by atoms with Crippen molar-refractivity contribution in [1.29, 1.82) is 0 Å². The van der Waals surface area contributed by atoms with Crippen LogP contribution < -0.4 is 9.64 Å². The number of aryl methyl sites for hydroxylation is 1. The van der Waals surface area contributed by atoms with Crippen molar-refractivity contribution >= 4 is 11.6 Å². The molecular formula is C21H23N5O3. The van der Waals surface area contributed by atoms with Crippen LogP contribution in [0.2, 0.25) is 0 Å². The fraction of sp³-hybridized carbons (Fsp3) is 0.333. The second-order valence-electron chi connectivity index (χ2n) is 6.79. The molecule has 3 aromatic rings. The molecule has 1 saturated heterocycles. The molecule has 4 rings (SSSR count). The molecule has 3 heterocycles. The van der Waals surface area contributed by atoms with Crippen LogP contribution in [-0.4, -0.2) is 59.2 Å². The predicted octanol–water partition coefficient (Wildman–Crippen LogP) is 2.42. The summed E-state index contributed by atoms with van der Waals surface area (Å²) in [6.07, 6.45) is 4.15. The topological polar surface area (TPSA) is 84.6 Å². The van der Waals surface area contributed by atoms with Gasteiger partial charge in [0.15, 0.2) is 0 Å². The molecule has 0 radical (unpaired) electrons. The van der Waals surface area contributed by atoms with E-state index in [2.05, 4.69) is 20.0 Å². The fourth-order valence-corrected chi connectivity index (χ4v) is 3.43. The number of hydrogen-bond acceptors (Lipinski definition) is 7. The molecule has 2 aromatic heterocycles. The number of piperazine rings is 1. The number of pyridine rings is 1. The van der Waals surface area contributed by atoms with E-state index in [0.29, 0.717) is 37.6 Å². The fourth-order valence-electron chi connectivity index (χ4n) is 3.43. The van der Waals surface area contributed by atoms with E-state index in [1.807, 2.05) is 41.3 Å². The number of rotatable bonds is 6. The third-order valence-corrected chi connectivity index (χ3v) is 5.00. The Morgan fingerprint density at radius 2 is 1.97 bits per heavy atom. The number of benzene rings is 1. The van der Waals surface area contributed by atoms with Gasteiger partial charge in [0.2, 0.25) is 17.6 Å². The molecule has 0 N–H and O–H groups in total. The van der Waals surface area contributed by atoms with Gasteiger partial charge in [0, 0.05) is 57.0 Å². The first kappa shape index (κ1) is 18.9. The molecule has 29 heavy (non-hydrogen) atoms. The largest absolute Gasteiger partial charge is 0.495 e. The number of carbonyl (C=O) groups excluding carboxylic acids is 1. The highest BCUT2D eigenvalue weighted by Gasteiger charge is 2.23. The first-order chi connectivity index (χ1) is 14.2. The van der Waals surface area contributed by atoms with Gasteiger partial charge in [-0.15, -0.1) is 0 Å². The minimum atomic E-state index is 0.103. The number of hydrogen-bond donors (Lipinski definition) is 0. The molecule has 1 aromatic carbocycles. The van der Waals surface area contributed by atoms with Crippen molar-refractivity contribution in [2.24, 2.45) is 0 Å². The molecule has 1 aliphatic heterocycles. The van der Waals surface area contributed by atoms with E-state index in [0.717, 1.165) is 30.1 Å². The van der Waals surface area contributed by atoms with E-state index in [4.69, 9.17) is 9.26 Å². The van der Waals surface area contributed by atoms with Crippen molar-refractivity contribution in [3.8, 4) is 17.1 Å². The SMILES string of the molecule is COc1ccccc1N1CCN(C(=O)CCc2nc(-c3cccnc3)no2)CC1. The Hall–Kier alpha value is -3.42. The van der Waals surface area contributed by atoms with Gasteiger partial charge < -0.3 is 19.1 Å². The molecule has 8 nitrogen and oxygen atoms in total. The third-order valence-electron chi connectivity index (χ3n) is 5.00. The summed E-state index contributed by atoms with van der Waals surface area (Å²) < 4.78 is 10.7. The summed E-state index contributed by atoms with van der Waals surface area (Å²) in [5, 5.41) is 3.97. The Morgan fingerprint density at radius 1 is 1.14 bits per heavy atom. The van der Waals surface area contributed by atoms with Crippen LogP contribution in [0, 0.1) is 0 Å². The summed E-state index contributed by atoms with van der Waals surface area (Å²) in [6, 6.07) is 11.6. The first-order valence-electron chi connectivity index (χ1n) is 9.63. The molecule has 0 saturated carbocycles. The average molecular weight is 393 g/mol. The molecule has 0 atom stereocenters. The van der Waals surface area contributed by atoms with E-state index < -0.39 is 0 Å². The molecule has 0 unspecified atom stereocenters. The van der Waals surface area contributed by atoms with Crippen LogP contribution in [0.15, 0.2) is 53.3 Å². The van der Waals surface area contributed by atoms with Crippen LogP contribution in [0.3, 0.4) is 0 Å². The molecule has 0 bridgehead atoms. The highest BCUT2D eigenvalue weighted by molar-refractivity contribution is 5.76. The zero-order valence-corrected chi connectivity index (χ0v) is 16.3. The van der Waals surface area contributed by atoms with Crippen molar-refractivity contribution in [3.63, 3.8) is 0 Å². The van der Waals surface area contributed by atoms with Gasteiger partial charge in [-0.2, -0.15) is 4.98 Å². The normalized spacial score (nSPS) is 14.1. The maximum Gasteiger partial charge on any atom is 0.227 e. The number of para-hydroxylation sites is 2. The third kappa shape index (κ3) is 4.37. The second kappa shape index (κ2) is 8.72. The minimum absolute atomic E-state index is 0.103. The molecule has 0 spiro atoms. The van der Waals surface area contributed by atoms with E-state index in [1.54, 1.807) is 19.5 Å². The molecule has 1 aliphatic rings. The molecule has 150 valence electrons. The van der Waals surface area contributed by atoms with Crippen LogP contribution in [-0.2, 0) is 11.2 Å². The zero-order chi connectivity index (χ0) is 20.1. The van der Waals surface area contributed by atoms with Crippen LogP contribution >= 0.6 is 0 Å². The standard InChI is InChI=1S/C21H23N5O3/c1-28-18-7-3-2-6-17(18)25-11-13-26(14-12-25)20(27)9-8-19-23-21(24-29-19)16-5-4-10-22-15-16/h2-7,10,15H,8-9,11-14H2,1H3. The maximum absolute atomic E-state index is 12.6. The highest BCUT2D eigenvalue weighted by atomic mass is 16.5.